The van der Waals surface area contributed by atoms with Crippen LogP contribution in [0.1, 0.15) is 10.5 Å². The molecule has 3 rings (SSSR count). The summed E-state index contributed by atoms with van der Waals surface area (Å²) in [4.78, 5) is 21.9. The lowest BCUT2D eigenvalue weighted by Crippen LogP contribution is -1.98. The van der Waals surface area contributed by atoms with Gasteiger partial charge in [-0.25, -0.2) is 14.8 Å². The molecule has 1 aromatic carbocycles. The van der Waals surface area contributed by atoms with Crippen LogP contribution in [0.5, 0.6) is 0 Å². The number of imidazole rings is 1. The number of carbonyl (C=O) groups is 1. The Morgan fingerprint density at radius 2 is 2.28 bits per heavy atom. The zero-order valence-corrected chi connectivity index (χ0v) is 10.4. The van der Waals surface area contributed by atoms with E-state index < -0.39 is 5.97 Å². The summed E-state index contributed by atoms with van der Waals surface area (Å²) in [5.74, 6) is -1.08. The normalized spacial score (nSPS) is 10.9. The van der Waals surface area contributed by atoms with Gasteiger partial charge in [-0.3, -0.25) is 0 Å². The van der Waals surface area contributed by atoms with Crippen molar-refractivity contribution >= 4 is 39.1 Å². The molecule has 0 fully saturated rings. The predicted molar refractivity (Wildman–Crippen MR) is 69.2 cm³/mol. The van der Waals surface area contributed by atoms with Crippen molar-refractivity contribution in [2.75, 3.05) is 0 Å². The number of H-pyrrole nitrogens is 1. The Morgan fingerprint density at radius 1 is 1.44 bits per heavy atom. The fourth-order valence-corrected chi connectivity index (χ4v) is 2.88. The summed E-state index contributed by atoms with van der Waals surface area (Å²) in [7, 11) is 0. The van der Waals surface area contributed by atoms with E-state index in [2.05, 4.69) is 15.0 Å². The Morgan fingerprint density at radius 3 is 3.06 bits per heavy atom. The Bertz CT molecular complexity index is 750. The number of aromatic nitrogens is 3. The second-order valence-electron chi connectivity index (χ2n) is 3.56. The molecule has 2 N–H and O–H groups in total. The fraction of sp³-hybridized carbons (Fsp3) is 0. The molecule has 90 valence electrons. The van der Waals surface area contributed by atoms with Gasteiger partial charge in [0.2, 0.25) is 0 Å². The lowest BCUT2D eigenvalue weighted by Gasteiger charge is -1.92. The van der Waals surface area contributed by atoms with Crippen molar-refractivity contribution in [3.8, 4) is 10.7 Å². The van der Waals surface area contributed by atoms with E-state index in [0.29, 0.717) is 15.7 Å². The molecule has 0 atom stereocenters. The molecule has 0 saturated heterocycles. The lowest BCUT2D eigenvalue weighted by atomic mass is 10.3. The predicted octanol–water partition coefficient (Wildman–Crippen LogP) is 3.04. The summed E-state index contributed by atoms with van der Waals surface area (Å²) in [6.07, 6.45) is 1.35. The van der Waals surface area contributed by atoms with Crippen LogP contribution in [-0.4, -0.2) is 26.0 Å². The van der Waals surface area contributed by atoms with Crippen molar-refractivity contribution in [1.82, 2.24) is 15.0 Å². The summed E-state index contributed by atoms with van der Waals surface area (Å²) in [6, 6.07) is 5.35. The van der Waals surface area contributed by atoms with E-state index in [-0.39, 0.29) is 5.69 Å². The Hall–Kier alpha value is -1.92. The minimum Gasteiger partial charge on any atom is -0.476 e. The largest absolute Gasteiger partial charge is 0.476 e. The molecule has 3 aromatic rings. The minimum absolute atomic E-state index is 0.0276. The monoisotopic (exact) mass is 279 g/mol. The topological polar surface area (TPSA) is 78.9 Å². The smallest absolute Gasteiger partial charge is 0.356 e. The van der Waals surface area contributed by atoms with Crippen LogP contribution in [0.2, 0.25) is 5.02 Å². The number of nitrogens with zero attached hydrogens (tertiary/aromatic N) is 2. The van der Waals surface area contributed by atoms with Crippen LogP contribution < -0.4 is 0 Å². The third kappa shape index (κ3) is 1.75. The van der Waals surface area contributed by atoms with Gasteiger partial charge in [-0.15, -0.1) is 11.3 Å². The fourth-order valence-electron chi connectivity index (χ4n) is 1.62. The van der Waals surface area contributed by atoms with E-state index in [4.69, 9.17) is 16.7 Å². The average Bonchev–Trinajstić information content (AvgIpc) is 2.93. The van der Waals surface area contributed by atoms with Gasteiger partial charge in [0.05, 0.1) is 16.5 Å². The molecule has 0 spiro atoms. The number of fused-ring (bicyclic) bond motifs is 1. The quantitative estimate of drug-likeness (QED) is 0.756. The molecule has 7 heteroatoms. The highest BCUT2D eigenvalue weighted by molar-refractivity contribution is 7.21. The highest BCUT2D eigenvalue weighted by Crippen LogP contribution is 2.31. The number of carboxylic acids is 1. The van der Waals surface area contributed by atoms with Crippen LogP contribution in [0.25, 0.3) is 20.9 Å². The lowest BCUT2D eigenvalue weighted by molar-refractivity contribution is 0.0692. The number of hydrogen-bond acceptors (Lipinski definition) is 4. The van der Waals surface area contributed by atoms with Gasteiger partial charge in [-0.2, -0.15) is 0 Å². The van der Waals surface area contributed by atoms with Gasteiger partial charge >= 0.3 is 5.97 Å². The van der Waals surface area contributed by atoms with Gasteiger partial charge in [0, 0.05) is 5.02 Å². The number of aromatic amines is 1. The van der Waals surface area contributed by atoms with Crippen molar-refractivity contribution in [1.29, 1.82) is 0 Å². The van der Waals surface area contributed by atoms with E-state index in [9.17, 15) is 4.79 Å². The molecule has 0 aliphatic heterocycles. The summed E-state index contributed by atoms with van der Waals surface area (Å²) >= 11 is 7.27. The molecule has 0 unspecified atom stereocenters. The molecule has 5 nitrogen and oxygen atoms in total. The van der Waals surface area contributed by atoms with Gasteiger partial charge in [0.15, 0.2) is 5.69 Å². The van der Waals surface area contributed by atoms with Crippen LogP contribution in [0.3, 0.4) is 0 Å². The van der Waals surface area contributed by atoms with Gasteiger partial charge in [0.1, 0.15) is 10.7 Å². The van der Waals surface area contributed by atoms with Gasteiger partial charge in [-0.05, 0) is 18.2 Å². The van der Waals surface area contributed by atoms with Crippen LogP contribution in [0, 0.1) is 0 Å². The summed E-state index contributed by atoms with van der Waals surface area (Å²) in [5, 5.41) is 10.2. The third-order valence-corrected chi connectivity index (χ3v) is 3.68. The van der Waals surface area contributed by atoms with E-state index in [1.54, 1.807) is 18.2 Å². The summed E-state index contributed by atoms with van der Waals surface area (Å²) in [5.41, 5.74) is 1.17. The van der Waals surface area contributed by atoms with Crippen LogP contribution in [-0.2, 0) is 0 Å². The van der Waals surface area contributed by atoms with E-state index >= 15 is 0 Å². The molecular formula is C11H6ClN3O2S. The van der Waals surface area contributed by atoms with Crippen molar-refractivity contribution in [2.45, 2.75) is 0 Å². The zero-order chi connectivity index (χ0) is 12.7. The highest BCUT2D eigenvalue weighted by atomic mass is 35.5. The maximum atomic E-state index is 11.0. The SMILES string of the molecule is O=C(O)c1nc[nH]c1-c1nc2ccc(Cl)cc2s1. The second-order valence-corrected chi connectivity index (χ2v) is 5.03. The summed E-state index contributed by atoms with van der Waals surface area (Å²) < 4.78 is 0.906. The number of rotatable bonds is 2. The van der Waals surface area contributed by atoms with Crippen LogP contribution in [0.4, 0.5) is 0 Å². The Balaban J connectivity index is 2.19. The number of nitrogens with one attached hydrogen (secondary N) is 1. The van der Waals surface area contributed by atoms with Gasteiger partial charge < -0.3 is 10.1 Å². The first-order valence-electron chi connectivity index (χ1n) is 4.98. The van der Waals surface area contributed by atoms with Crippen molar-refractivity contribution < 1.29 is 9.90 Å². The van der Waals surface area contributed by atoms with Crippen molar-refractivity contribution in [2.24, 2.45) is 0 Å². The number of carboxylic acid groups (broad SMARTS) is 1. The summed E-state index contributed by atoms with van der Waals surface area (Å²) in [6.45, 7) is 0. The number of hydrogen-bond donors (Lipinski definition) is 2. The molecule has 0 radical (unpaired) electrons. The van der Waals surface area contributed by atoms with Gasteiger partial charge in [-0.1, -0.05) is 11.6 Å². The molecule has 0 saturated carbocycles. The van der Waals surface area contributed by atoms with E-state index in [1.807, 2.05) is 0 Å². The van der Waals surface area contributed by atoms with E-state index in [0.717, 1.165) is 10.2 Å². The van der Waals surface area contributed by atoms with Gasteiger partial charge in [0.25, 0.3) is 0 Å². The number of aromatic carboxylic acids is 1. The minimum atomic E-state index is -1.08. The Labute approximate surface area is 110 Å². The first kappa shape index (κ1) is 11.2. The van der Waals surface area contributed by atoms with Crippen LogP contribution in [0.15, 0.2) is 24.5 Å². The number of benzene rings is 1. The molecule has 0 aliphatic carbocycles. The standard InChI is InChI=1S/C11H6ClN3O2S/c12-5-1-2-6-7(3-5)18-10(15-6)8-9(11(16)17)14-4-13-8/h1-4H,(H,13,14)(H,16,17). The first-order valence-corrected chi connectivity index (χ1v) is 6.18. The number of halogens is 1. The molecule has 0 amide bonds. The molecule has 0 bridgehead atoms. The van der Waals surface area contributed by atoms with Crippen molar-refractivity contribution in [3.05, 3.63) is 35.2 Å². The highest BCUT2D eigenvalue weighted by Gasteiger charge is 2.18. The first-order chi connectivity index (χ1) is 8.65. The number of thiazole rings is 1. The average molecular weight is 280 g/mol. The molecular weight excluding hydrogens is 274 g/mol. The third-order valence-electron chi connectivity index (χ3n) is 2.41. The van der Waals surface area contributed by atoms with Crippen LogP contribution >= 0.6 is 22.9 Å². The second kappa shape index (κ2) is 4.08. The van der Waals surface area contributed by atoms with Crippen molar-refractivity contribution in [3.63, 3.8) is 0 Å². The Kier molecular flexibility index (Phi) is 2.53. The molecule has 18 heavy (non-hydrogen) atoms. The molecule has 2 heterocycles. The van der Waals surface area contributed by atoms with E-state index in [1.165, 1.54) is 17.7 Å². The maximum Gasteiger partial charge on any atom is 0.356 e. The molecule has 2 aromatic heterocycles. The molecule has 0 aliphatic rings. The zero-order valence-electron chi connectivity index (χ0n) is 8.85. The maximum absolute atomic E-state index is 11.0.